The highest BCUT2D eigenvalue weighted by molar-refractivity contribution is 7.92. The molecule has 128 valence electrons. The zero-order valence-corrected chi connectivity index (χ0v) is 13.5. The lowest BCUT2D eigenvalue weighted by Crippen LogP contribution is -2.14. The number of hydrogen-bond donors (Lipinski definition) is 3. The van der Waals surface area contributed by atoms with Crippen LogP contribution in [0.2, 0.25) is 0 Å². The lowest BCUT2D eigenvalue weighted by Gasteiger charge is -2.08. The highest BCUT2D eigenvalue weighted by Crippen LogP contribution is 2.17. The van der Waals surface area contributed by atoms with Crippen molar-refractivity contribution in [3.05, 3.63) is 72.1 Å². The van der Waals surface area contributed by atoms with E-state index >= 15 is 0 Å². The number of hydroxylamine groups is 1. The molecule has 0 saturated heterocycles. The molecule has 1 amide bonds. The molecule has 0 bridgehead atoms. The van der Waals surface area contributed by atoms with Gasteiger partial charge in [0.15, 0.2) is 0 Å². The largest absolute Gasteiger partial charge is 0.288 e. The van der Waals surface area contributed by atoms with Gasteiger partial charge in [0, 0.05) is 11.6 Å². The molecule has 0 aliphatic heterocycles. The number of carbonyl (C=O) groups is 1. The predicted molar refractivity (Wildman–Crippen MR) is 89.6 cm³/mol. The Morgan fingerprint density at radius 2 is 1.88 bits per heavy atom. The van der Waals surface area contributed by atoms with Gasteiger partial charge in [0.25, 0.3) is 15.9 Å². The minimum absolute atomic E-state index is 0.0664. The average Bonchev–Trinajstić information content (AvgIpc) is 2.59. The zero-order valence-electron chi connectivity index (χ0n) is 12.7. The molecule has 6 nitrogen and oxygen atoms in total. The molecular weight excluding hydrogens is 347 g/mol. The van der Waals surface area contributed by atoms with Crippen LogP contribution in [-0.2, 0) is 14.8 Å². The molecule has 0 fully saturated rings. The van der Waals surface area contributed by atoms with Crippen LogP contribution in [-0.4, -0.2) is 19.5 Å². The second-order valence-corrected chi connectivity index (χ2v) is 6.40. The zero-order chi connectivity index (χ0) is 18.3. The maximum atomic E-state index is 12.9. The van der Waals surface area contributed by atoms with Crippen LogP contribution in [0.1, 0.15) is 5.56 Å². The van der Waals surface area contributed by atoms with E-state index in [4.69, 9.17) is 5.21 Å². The Bertz CT molecular complexity index is 958. The van der Waals surface area contributed by atoms with E-state index in [-0.39, 0.29) is 10.6 Å². The van der Waals surface area contributed by atoms with Gasteiger partial charge in [-0.3, -0.25) is 14.7 Å². The number of anilines is 1. The van der Waals surface area contributed by atoms with Crippen molar-refractivity contribution >= 4 is 21.6 Å². The van der Waals surface area contributed by atoms with Crippen LogP contribution in [0.25, 0.3) is 0 Å². The second-order valence-electron chi connectivity index (χ2n) is 4.72. The predicted octanol–water partition coefficient (Wildman–Crippen LogP) is 2.04. The summed E-state index contributed by atoms with van der Waals surface area (Å²) in [5.41, 5.74) is 2.22. The molecule has 0 saturated carbocycles. The number of benzene rings is 2. The summed E-state index contributed by atoms with van der Waals surface area (Å²) in [4.78, 5) is 10.7. The third-order valence-electron chi connectivity index (χ3n) is 2.88. The van der Waals surface area contributed by atoms with Crippen LogP contribution >= 0.6 is 0 Å². The quantitative estimate of drug-likeness (QED) is 0.336. The van der Waals surface area contributed by atoms with Gasteiger partial charge in [-0.15, -0.1) is 0 Å². The Morgan fingerprint density at radius 1 is 1.16 bits per heavy atom. The molecule has 0 unspecified atom stereocenters. The van der Waals surface area contributed by atoms with Gasteiger partial charge in [0.05, 0.1) is 10.6 Å². The molecule has 0 aliphatic carbocycles. The fraction of sp³-hybridized carbons (Fsp3) is 0. The number of rotatable bonds is 4. The van der Waals surface area contributed by atoms with Crippen molar-refractivity contribution < 1.29 is 22.8 Å². The number of amides is 1. The maximum Gasteiger partial charge on any atom is 0.267 e. The lowest BCUT2D eigenvalue weighted by molar-refractivity contribution is -0.124. The summed E-state index contributed by atoms with van der Waals surface area (Å²) < 4.78 is 39.8. The summed E-state index contributed by atoms with van der Waals surface area (Å²) in [5.74, 6) is 4.05. The number of nitrogens with one attached hydrogen (secondary N) is 2. The molecule has 2 aromatic rings. The van der Waals surface area contributed by atoms with E-state index in [2.05, 4.69) is 16.6 Å². The van der Waals surface area contributed by atoms with Crippen molar-refractivity contribution in [1.29, 1.82) is 0 Å². The second kappa shape index (κ2) is 8.10. The van der Waals surface area contributed by atoms with E-state index in [0.717, 1.165) is 18.2 Å². The Morgan fingerprint density at radius 3 is 2.56 bits per heavy atom. The van der Waals surface area contributed by atoms with E-state index in [9.17, 15) is 17.6 Å². The molecule has 2 rings (SSSR count). The molecule has 0 aromatic heterocycles. The summed E-state index contributed by atoms with van der Waals surface area (Å²) >= 11 is 0. The molecule has 25 heavy (non-hydrogen) atoms. The lowest BCUT2D eigenvalue weighted by atomic mass is 10.2. The molecular formula is C17H13FN2O4S. The summed E-state index contributed by atoms with van der Waals surface area (Å²) in [5, 5.41) is 8.32. The van der Waals surface area contributed by atoms with Crippen molar-refractivity contribution in [3.63, 3.8) is 0 Å². The Balaban J connectivity index is 2.16. The van der Waals surface area contributed by atoms with Gasteiger partial charge in [-0.2, -0.15) is 0 Å². The highest BCUT2D eigenvalue weighted by Gasteiger charge is 2.14. The van der Waals surface area contributed by atoms with Crippen molar-refractivity contribution in [1.82, 2.24) is 5.48 Å². The van der Waals surface area contributed by atoms with Crippen LogP contribution < -0.4 is 10.2 Å². The molecule has 8 heteroatoms. The average molecular weight is 360 g/mol. The van der Waals surface area contributed by atoms with E-state index in [1.165, 1.54) is 29.8 Å². The smallest absolute Gasteiger partial charge is 0.267 e. The third-order valence-corrected chi connectivity index (χ3v) is 4.28. The van der Waals surface area contributed by atoms with E-state index in [1.54, 1.807) is 18.2 Å². The van der Waals surface area contributed by atoms with Gasteiger partial charge in [-0.1, -0.05) is 17.9 Å². The van der Waals surface area contributed by atoms with Crippen molar-refractivity contribution in [2.45, 2.75) is 4.90 Å². The van der Waals surface area contributed by atoms with Crippen molar-refractivity contribution in [2.24, 2.45) is 0 Å². The van der Waals surface area contributed by atoms with Crippen molar-refractivity contribution in [3.8, 4) is 11.8 Å². The third kappa shape index (κ3) is 5.46. The number of hydrogen-bond acceptors (Lipinski definition) is 4. The van der Waals surface area contributed by atoms with Gasteiger partial charge in [-0.05, 0) is 48.5 Å². The van der Waals surface area contributed by atoms with Gasteiger partial charge < -0.3 is 0 Å². The molecule has 2 aromatic carbocycles. The minimum Gasteiger partial charge on any atom is -0.288 e. The fourth-order valence-corrected chi connectivity index (χ4v) is 2.82. The Hall–Kier alpha value is -3.15. The van der Waals surface area contributed by atoms with Crippen LogP contribution in [0.3, 0.4) is 0 Å². The monoisotopic (exact) mass is 360 g/mol. The first kappa shape index (κ1) is 18.2. The van der Waals surface area contributed by atoms with Crippen molar-refractivity contribution in [2.75, 3.05) is 4.72 Å². The van der Waals surface area contributed by atoms with Gasteiger partial charge in [-0.25, -0.2) is 18.3 Å². The van der Waals surface area contributed by atoms with Crippen LogP contribution in [0, 0.1) is 17.7 Å². The Kier molecular flexibility index (Phi) is 5.89. The van der Waals surface area contributed by atoms with E-state index in [1.807, 2.05) is 0 Å². The SMILES string of the molecule is O=C(/C=C/C#Cc1cccc(NS(=O)(=O)c2ccc(F)cc2)c1)NO. The first-order chi connectivity index (χ1) is 11.9. The number of halogens is 1. The molecule has 0 aliphatic rings. The maximum absolute atomic E-state index is 12.9. The fourth-order valence-electron chi connectivity index (χ4n) is 1.77. The van der Waals surface area contributed by atoms with Crippen LogP contribution in [0.15, 0.2) is 65.6 Å². The van der Waals surface area contributed by atoms with Crippen LogP contribution in [0.4, 0.5) is 10.1 Å². The summed E-state index contributed by atoms with van der Waals surface area (Å²) in [6.45, 7) is 0. The molecule has 0 atom stereocenters. The van der Waals surface area contributed by atoms with E-state index < -0.39 is 21.7 Å². The number of carbonyl (C=O) groups excluding carboxylic acids is 1. The molecule has 0 heterocycles. The van der Waals surface area contributed by atoms with Gasteiger partial charge in [0.1, 0.15) is 5.82 Å². The van der Waals surface area contributed by atoms with E-state index in [0.29, 0.717) is 5.56 Å². The van der Waals surface area contributed by atoms with Gasteiger partial charge in [0.2, 0.25) is 0 Å². The molecule has 0 spiro atoms. The molecule has 3 N–H and O–H groups in total. The standard InChI is InChI=1S/C17H13FN2O4S/c18-14-8-10-16(11-9-14)25(23,24)20-15-6-3-5-13(12-15)4-1-2-7-17(21)19-22/h2-3,5-12,20,22H,(H,19,21)/b7-2+. The number of allylic oxidation sites excluding steroid dienone is 1. The topological polar surface area (TPSA) is 95.5 Å². The Labute approximate surface area is 144 Å². The summed E-state index contributed by atoms with van der Waals surface area (Å²) in [6, 6.07) is 10.8. The first-order valence-electron chi connectivity index (χ1n) is 6.91. The summed E-state index contributed by atoms with van der Waals surface area (Å²) in [6.07, 6.45) is 2.27. The first-order valence-corrected chi connectivity index (χ1v) is 8.39. The summed E-state index contributed by atoms with van der Waals surface area (Å²) in [7, 11) is -3.85. The normalized spacial score (nSPS) is 10.8. The molecule has 0 radical (unpaired) electrons. The minimum atomic E-state index is -3.85. The highest BCUT2D eigenvalue weighted by atomic mass is 32.2. The van der Waals surface area contributed by atoms with Gasteiger partial charge >= 0.3 is 0 Å². The van der Waals surface area contributed by atoms with Crippen LogP contribution in [0.5, 0.6) is 0 Å². The number of sulfonamides is 1.